The van der Waals surface area contributed by atoms with Gasteiger partial charge >= 0.3 is 0 Å². The molecule has 1 aliphatic rings. The van der Waals surface area contributed by atoms with E-state index in [4.69, 9.17) is 4.74 Å². The fraction of sp³-hybridized carbons (Fsp3) is 0.312. The van der Waals surface area contributed by atoms with Crippen LogP contribution in [0.2, 0.25) is 0 Å². The van der Waals surface area contributed by atoms with Gasteiger partial charge in [-0.25, -0.2) is 0 Å². The fourth-order valence-corrected chi connectivity index (χ4v) is 2.50. The van der Waals surface area contributed by atoms with Crippen LogP contribution in [-0.4, -0.2) is 11.6 Å². The monoisotopic (exact) mass is 254 g/mol. The van der Waals surface area contributed by atoms with E-state index >= 15 is 0 Å². The summed E-state index contributed by atoms with van der Waals surface area (Å²) in [6.45, 7) is 5.05. The van der Waals surface area contributed by atoms with Crippen LogP contribution in [0.15, 0.2) is 42.7 Å². The number of hydrogen-bond acceptors (Lipinski definition) is 3. The van der Waals surface area contributed by atoms with E-state index in [9.17, 15) is 0 Å². The smallest absolute Gasteiger partial charge is 0.124 e. The van der Waals surface area contributed by atoms with Crippen LogP contribution in [-0.2, 0) is 0 Å². The van der Waals surface area contributed by atoms with Gasteiger partial charge in [0, 0.05) is 17.7 Å². The highest BCUT2D eigenvalue weighted by Gasteiger charge is 2.27. The normalized spacial score (nSPS) is 21.4. The van der Waals surface area contributed by atoms with Crippen molar-refractivity contribution in [2.45, 2.75) is 19.9 Å². The van der Waals surface area contributed by atoms with Crippen molar-refractivity contribution in [3.05, 3.63) is 53.9 Å². The molecule has 0 amide bonds. The number of anilines is 1. The molecule has 1 aromatic carbocycles. The molecule has 98 valence electrons. The van der Waals surface area contributed by atoms with Crippen molar-refractivity contribution in [1.82, 2.24) is 4.98 Å². The lowest BCUT2D eigenvalue weighted by molar-refractivity contribution is 0.214. The van der Waals surface area contributed by atoms with Crippen LogP contribution in [0.25, 0.3) is 0 Å². The van der Waals surface area contributed by atoms with Gasteiger partial charge in [-0.1, -0.05) is 25.1 Å². The largest absolute Gasteiger partial charge is 0.493 e. The van der Waals surface area contributed by atoms with Crippen molar-refractivity contribution >= 4 is 5.69 Å². The van der Waals surface area contributed by atoms with Crippen molar-refractivity contribution in [3.8, 4) is 5.75 Å². The lowest BCUT2D eigenvalue weighted by Gasteiger charge is -2.33. The second kappa shape index (κ2) is 4.92. The Bertz CT molecular complexity index is 582. The summed E-state index contributed by atoms with van der Waals surface area (Å²) in [5, 5.41) is 3.61. The van der Waals surface area contributed by atoms with E-state index in [0.717, 1.165) is 18.0 Å². The molecule has 0 bridgehead atoms. The number of hydrogen-bond donors (Lipinski definition) is 1. The van der Waals surface area contributed by atoms with Gasteiger partial charge in [0.05, 0.1) is 24.5 Å². The third-order valence-electron chi connectivity index (χ3n) is 3.67. The highest BCUT2D eigenvalue weighted by Crippen LogP contribution is 2.37. The molecule has 3 rings (SSSR count). The van der Waals surface area contributed by atoms with Gasteiger partial charge in [0.2, 0.25) is 0 Å². The highest BCUT2D eigenvalue weighted by atomic mass is 16.5. The zero-order valence-corrected chi connectivity index (χ0v) is 11.3. The van der Waals surface area contributed by atoms with Gasteiger partial charge in [-0.15, -0.1) is 0 Å². The SMILES string of the molecule is Cc1ccncc1NC1c2ccccc2OCC1C. The molecule has 3 nitrogen and oxygen atoms in total. The maximum absolute atomic E-state index is 5.78. The molecule has 19 heavy (non-hydrogen) atoms. The predicted octanol–water partition coefficient (Wildman–Crippen LogP) is 3.57. The molecule has 1 aromatic heterocycles. The Balaban J connectivity index is 1.94. The molecule has 2 unspecified atom stereocenters. The predicted molar refractivity (Wildman–Crippen MR) is 76.4 cm³/mol. The Hall–Kier alpha value is -2.03. The first-order valence-electron chi connectivity index (χ1n) is 6.64. The Morgan fingerprint density at radius 3 is 2.95 bits per heavy atom. The number of nitrogens with one attached hydrogen (secondary N) is 1. The maximum Gasteiger partial charge on any atom is 0.124 e. The quantitative estimate of drug-likeness (QED) is 0.889. The Kier molecular flexibility index (Phi) is 3.11. The summed E-state index contributed by atoms with van der Waals surface area (Å²) in [6.07, 6.45) is 3.71. The van der Waals surface area contributed by atoms with Crippen LogP contribution in [0.1, 0.15) is 24.1 Å². The van der Waals surface area contributed by atoms with Crippen molar-refractivity contribution in [2.75, 3.05) is 11.9 Å². The Morgan fingerprint density at radius 2 is 2.11 bits per heavy atom. The molecule has 3 heteroatoms. The van der Waals surface area contributed by atoms with Crippen molar-refractivity contribution in [1.29, 1.82) is 0 Å². The van der Waals surface area contributed by atoms with E-state index in [0.29, 0.717) is 5.92 Å². The minimum Gasteiger partial charge on any atom is -0.493 e. The van der Waals surface area contributed by atoms with Gasteiger partial charge in [0.25, 0.3) is 0 Å². The summed E-state index contributed by atoms with van der Waals surface area (Å²) in [5.41, 5.74) is 3.53. The first-order valence-corrected chi connectivity index (χ1v) is 6.64. The van der Waals surface area contributed by atoms with Crippen molar-refractivity contribution in [3.63, 3.8) is 0 Å². The summed E-state index contributed by atoms with van der Waals surface area (Å²) in [5.74, 6) is 1.41. The van der Waals surface area contributed by atoms with E-state index in [1.807, 2.05) is 30.6 Å². The standard InChI is InChI=1S/C16H18N2O/c1-11-7-8-17-9-14(11)18-16-12(2)10-19-15-6-4-3-5-13(15)16/h3-9,12,16,18H,10H2,1-2H3. The van der Waals surface area contributed by atoms with Crippen LogP contribution < -0.4 is 10.1 Å². The Labute approximate surface area is 113 Å². The number of aryl methyl sites for hydroxylation is 1. The average molecular weight is 254 g/mol. The number of nitrogens with zero attached hydrogens (tertiary/aromatic N) is 1. The third-order valence-corrected chi connectivity index (χ3v) is 3.67. The summed E-state index contributed by atoms with van der Waals surface area (Å²) in [6, 6.07) is 10.5. The second-order valence-corrected chi connectivity index (χ2v) is 5.14. The number of fused-ring (bicyclic) bond motifs is 1. The van der Waals surface area contributed by atoms with E-state index in [1.165, 1.54) is 11.1 Å². The summed E-state index contributed by atoms with van der Waals surface area (Å²) in [7, 11) is 0. The van der Waals surface area contributed by atoms with Gasteiger partial charge in [-0.2, -0.15) is 0 Å². The molecule has 0 fully saturated rings. The minimum atomic E-state index is 0.271. The second-order valence-electron chi connectivity index (χ2n) is 5.14. The van der Waals surface area contributed by atoms with Gasteiger partial charge in [-0.05, 0) is 24.6 Å². The van der Waals surface area contributed by atoms with Gasteiger partial charge in [0.1, 0.15) is 5.75 Å². The first-order chi connectivity index (χ1) is 9.25. The van der Waals surface area contributed by atoms with Crippen LogP contribution in [0.5, 0.6) is 5.75 Å². The van der Waals surface area contributed by atoms with Gasteiger partial charge in [0.15, 0.2) is 0 Å². The number of ether oxygens (including phenoxy) is 1. The first kappa shape index (κ1) is 12.0. The van der Waals surface area contributed by atoms with E-state index in [-0.39, 0.29) is 6.04 Å². The fourth-order valence-electron chi connectivity index (χ4n) is 2.50. The van der Waals surface area contributed by atoms with Crippen LogP contribution >= 0.6 is 0 Å². The molecule has 0 radical (unpaired) electrons. The third kappa shape index (κ3) is 2.28. The molecule has 0 spiro atoms. The number of benzene rings is 1. The topological polar surface area (TPSA) is 34.2 Å². The molecule has 2 aromatic rings. The minimum absolute atomic E-state index is 0.271. The molecule has 1 aliphatic heterocycles. The number of aromatic nitrogens is 1. The lowest BCUT2D eigenvalue weighted by Crippen LogP contribution is -2.29. The van der Waals surface area contributed by atoms with E-state index in [2.05, 4.69) is 36.3 Å². The molecule has 2 atom stereocenters. The zero-order chi connectivity index (χ0) is 13.2. The summed E-state index contributed by atoms with van der Waals surface area (Å²) in [4.78, 5) is 4.20. The summed E-state index contributed by atoms with van der Waals surface area (Å²) >= 11 is 0. The molecular weight excluding hydrogens is 236 g/mol. The van der Waals surface area contributed by atoms with E-state index in [1.54, 1.807) is 0 Å². The number of rotatable bonds is 2. The lowest BCUT2D eigenvalue weighted by atomic mass is 9.91. The highest BCUT2D eigenvalue weighted by molar-refractivity contribution is 5.52. The van der Waals surface area contributed by atoms with Crippen molar-refractivity contribution in [2.24, 2.45) is 5.92 Å². The van der Waals surface area contributed by atoms with Crippen LogP contribution in [0.4, 0.5) is 5.69 Å². The molecule has 0 saturated carbocycles. The number of para-hydroxylation sites is 1. The van der Waals surface area contributed by atoms with Crippen LogP contribution in [0, 0.1) is 12.8 Å². The van der Waals surface area contributed by atoms with Gasteiger partial charge in [-0.3, -0.25) is 4.98 Å². The molecule has 0 aliphatic carbocycles. The van der Waals surface area contributed by atoms with Crippen LogP contribution in [0.3, 0.4) is 0 Å². The molecular formula is C16H18N2O. The summed E-state index contributed by atoms with van der Waals surface area (Å²) < 4.78 is 5.78. The molecule has 0 saturated heterocycles. The zero-order valence-electron chi connectivity index (χ0n) is 11.3. The Morgan fingerprint density at radius 1 is 1.26 bits per heavy atom. The average Bonchev–Trinajstić information content (AvgIpc) is 2.44. The number of pyridine rings is 1. The molecule has 1 N–H and O–H groups in total. The molecule has 2 heterocycles. The van der Waals surface area contributed by atoms with E-state index < -0.39 is 0 Å². The van der Waals surface area contributed by atoms with Crippen molar-refractivity contribution < 1.29 is 4.74 Å². The van der Waals surface area contributed by atoms with Gasteiger partial charge < -0.3 is 10.1 Å². The maximum atomic E-state index is 5.78.